The maximum atomic E-state index is 13.4. The van der Waals surface area contributed by atoms with Gasteiger partial charge in [-0.3, -0.25) is 14.7 Å². The second-order valence-corrected chi connectivity index (χ2v) is 7.48. The molecule has 0 aliphatic heterocycles. The Morgan fingerprint density at radius 1 is 1.17 bits per heavy atom. The molecule has 8 heteroatoms. The molecule has 1 unspecified atom stereocenters. The molecule has 6 nitrogen and oxygen atoms in total. The highest BCUT2D eigenvalue weighted by molar-refractivity contribution is 6.31. The lowest BCUT2D eigenvalue weighted by Crippen LogP contribution is -2.18. The summed E-state index contributed by atoms with van der Waals surface area (Å²) < 4.78 is 13.4. The lowest BCUT2D eigenvalue weighted by molar-refractivity contribution is -0.118. The molecule has 0 saturated heterocycles. The van der Waals surface area contributed by atoms with Crippen LogP contribution < -0.4 is 11.5 Å². The Labute approximate surface area is 178 Å². The van der Waals surface area contributed by atoms with Crippen LogP contribution in [0.15, 0.2) is 48.7 Å². The van der Waals surface area contributed by atoms with Gasteiger partial charge in [0.1, 0.15) is 5.82 Å². The summed E-state index contributed by atoms with van der Waals surface area (Å²) in [4.78, 5) is 22.0. The summed E-state index contributed by atoms with van der Waals surface area (Å²) in [6.45, 7) is 0. The van der Waals surface area contributed by atoms with Gasteiger partial charge in [-0.15, -0.1) is 0 Å². The van der Waals surface area contributed by atoms with Crippen molar-refractivity contribution in [2.24, 2.45) is 11.5 Å². The molecule has 2 aromatic carbocycles. The molecule has 1 aliphatic rings. The minimum Gasteiger partial charge on any atom is -0.370 e. The SMILES string of the molecule is NC(=O)CC1CCCc2c(Cl)cccc21.NC(=O)c1cn[nH]c1-c1ccccc1F. The number of halogens is 2. The number of nitrogens with one attached hydrogen (secondary N) is 1. The molecule has 0 radical (unpaired) electrons. The number of carbonyl (C=O) groups is 2. The topological polar surface area (TPSA) is 115 Å². The molecule has 3 aromatic rings. The first-order chi connectivity index (χ1) is 14.4. The summed E-state index contributed by atoms with van der Waals surface area (Å²) in [5.41, 5.74) is 13.6. The molecule has 1 atom stereocenters. The van der Waals surface area contributed by atoms with Crippen LogP contribution in [0.4, 0.5) is 4.39 Å². The second kappa shape index (κ2) is 9.54. The van der Waals surface area contributed by atoms with Crippen LogP contribution >= 0.6 is 11.6 Å². The Morgan fingerprint density at radius 3 is 2.63 bits per heavy atom. The molecule has 1 aliphatic carbocycles. The summed E-state index contributed by atoms with van der Waals surface area (Å²) in [5, 5.41) is 7.04. The van der Waals surface area contributed by atoms with E-state index in [1.807, 2.05) is 12.1 Å². The number of fused-ring (bicyclic) bond motifs is 1. The Kier molecular flexibility index (Phi) is 6.84. The van der Waals surface area contributed by atoms with Gasteiger partial charge in [0.25, 0.3) is 5.91 Å². The van der Waals surface area contributed by atoms with Gasteiger partial charge in [0.2, 0.25) is 5.91 Å². The zero-order valence-corrected chi connectivity index (χ0v) is 17.0. The van der Waals surface area contributed by atoms with Crippen molar-refractivity contribution in [1.29, 1.82) is 0 Å². The molecule has 0 bridgehead atoms. The first-order valence-electron chi connectivity index (χ1n) is 9.52. The summed E-state index contributed by atoms with van der Waals surface area (Å²) >= 11 is 6.13. The molecule has 0 saturated carbocycles. The van der Waals surface area contributed by atoms with Gasteiger partial charge in [-0.25, -0.2) is 4.39 Å². The van der Waals surface area contributed by atoms with E-state index < -0.39 is 11.7 Å². The molecule has 0 fully saturated rings. The van der Waals surface area contributed by atoms with E-state index in [9.17, 15) is 14.0 Å². The monoisotopic (exact) mass is 428 g/mol. The maximum Gasteiger partial charge on any atom is 0.252 e. The number of rotatable bonds is 4. The fourth-order valence-corrected chi connectivity index (χ4v) is 3.98. The van der Waals surface area contributed by atoms with Crippen LogP contribution in [0.25, 0.3) is 11.3 Å². The third kappa shape index (κ3) is 4.86. The van der Waals surface area contributed by atoms with Crippen LogP contribution in [-0.4, -0.2) is 22.0 Å². The lowest BCUT2D eigenvalue weighted by Gasteiger charge is -2.25. The van der Waals surface area contributed by atoms with E-state index in [1.54, 1.807) is 18.2 Å². The van der Waals surface area contributed by atoms with E-state index in [2.05, 4.69) is 16.3 Å². The molecule has 1 heterocycles. The predicted octanol–water partition coefficient (Wildman–Crippen LogP) is 3.95. The minimum absolute atomic E-state index is 0.181. The van der Waals surface area contributed by atoms with E-state index in [-0.39, 0.29) is 23.0 Å². The van der Waals surface area contributed by atoms with Gasteiger partial charge in [-0.1, -0.05) is 35.9 Å². The van der Waals surface area contributed by atoms with E-state index >= 15 is 0 Å². The number of primary amides is 2. The van der Waals surface area contributed by atoms with Crippen molar-refractivity contribution >= 4 is 23.4 Å². The van der Waals surface area contributed by atoms with Gasteiger partial charge in [0.15, 0.2) is 0 Å². The van der Waals surface area contributed by atoms with Crippen LogP contribution in [0.1, 0.15) is 46.7 Å². The molecule has 5 N–H and O–H groups in total. The highest BCUT2D eigenvalue weighted by atomic mass is 35.5. The Hall–Kier alpha value is -3.19. The van der Waals surface area contributed by atoms with Crippen LogP contribution in [0.5, 0.6) is 0 Å². The molecule has 0 spiro atoms. The lowest BCUT2D eigenvalue weighted by atomic mass is 9.81. The van der Waals surface area contributed by atoms with E-state index in [0.717, 1.165) is 24.3 Å². The van der Waals surface area contributed by atoms with Gasteiger partial charge >= 0.3 is 0 Å². The second-order valence-electron chi connectivity index (χ2n) is 7.07. The number of amides is 2. The average Bonchev–Trinajstić information content (AvgIpc) is 3.19. The first kappa shape index (κ1) is 21.5. The molecule has 30 heavy (non-hydrogen) atoms. The number of aromatic amines is 1. The minimum atomic E-state index is -0.637. The maximum absolute atomic E-state index is 13.4. The molecule has 1 aromatic heterocycles. The van der Waals surface area contributed by atoms with Gasteiger partial charge in [-0.2, -0.15) is 5.10 Å². The number of carbonyl (C=O) groups excluding carboxylic acids is 2. The van der Waals surface area contributed by atoms with Gasteiger partial charge in [-0.05, 0) is 54.5 Å². The van der Waals surface area contributed by atoms with Gasteiger partial charge < -0.3 is 11.5 Å². The van der Waals surface area contributed by atoms with Crippen molar-refractivity contribution in [3.05, 3.63) is 76.2 Å². The number of nitrogens with two attached hydrogens (primary N) is 2. The highest BCUT2D eigenvalue weighted by Crippen LogP contribution is 2.36. The van der Waals surface area contributed by atoms with Gasteiger partial charge in [0.05, 0.1) is 17.5 Å². The van der Waals surface area contributed by atoms with Crippen LogP contribution in [0, 0.1) is 5.82 Å². The summed E-state index contributed by atoms with van der Waals surface area (Å²) in [6, 6.07) is 12.0. The molecular weight excluding hydrogens is 407 g/mol. The number of benzene rings is 2. The van der Waals surface area contributed by atoms with Crippen LogP contribution in [0.2, 0.25) is 5.02 Å². The average molecular weight is 429 g/mol. The van der Waals surface area contributed by atoms with Crippen molar-refractivity contribution in [1.82, 2.24) is 10.2 Å². The molecular formula is C22H22ClFN4O2. The Morgan fingerprint density at radius 2 is 1.93 bits per heavy atom. The Balaban J connectivity index is 0.000000171. The zero-order valence-electron chi connectivity index (χ0n) is 16.2. The van der Waals surface area contributed by atoms with Crippen molar-refractivity contribution in [2.45, 2.75) is 31.6 Å². The molecule has 2 amide bonds. The Bertz CT molecular complexity index is 1070. The van der Waals surface area contributed by atoms with E-state index in [4.69, 9.17) is 23.1 Å². The van der Waals surface area contributed by atoms with Crippen LogP contribution in [-0.2, 0) is 11.2 Å². The van der Waals surface area contributed by atoms with Gasteiger partial charge in [0, 0.05) is 17.0 Å². The normalized spacial score (nSPS) is 14.9. The summed E-state index contributed by atoms with van der Waals surface area (Å²) in [5.74, 6) is -1.02. The molecule has 4 rings (SSSR count). The zero-order chi connectivity index (χ0) is 21.7. The third-order valence-electron chi connectivity index (χ3n) is 5.07. The van der Waals surface area contributed by atoms with E-state index in [1.165, 1.54) is 23.4 Å². The third-order valence-corrected chi connectivity index (χ3v) is 5.42. The molecule has 156 valence electrons. The first-order valence-corrected chi connectivity index (χ1v) is 9.90. The summed E-state index contributed by atoms with van der Waals surface area (Å²) in [6.07, 6.45) is 4.87. The van der Waals surface area contributed by atoms with Crippen LogP contribution in [0.3, 0.4) is 0 Å². The fourth-order valence-electron chi connectivity index (χ4n) is 3.70. The number of hydrogen-bond acceptors (Lipinski definition) is 3. The van der Waals surface area contributed by atoms with Crippen molar-refractivity contribution in [3.8, 4) is 11.3 Å². The largest absolute Gasteiger partial charge is 0.370 e. The van der Waals surface area contributed by atoms with Crippen molar-refractivity contribution < 1.29 is 14.0 Å². The summed E-state index contributed by atoms with van der Waals surface area (Å²) in [7, 11) is 0. The predicted molar refractivity (Wildman–Crippen MR) is 113 cm³/mol. The van der Waals surface area contributed by atoms with Crippen molar-refractivity contribution in [3.63, 3.8) is 0 Å². The fraction of sp³-hybridized carbons (Fsp3) is 0.227. The number of nitrogens with zero attached hydrogens (tertiary/aromatic N) is 1. The number of H-pyrrole nitrogens is 1. The highest BCUT2D eigenvalue weighted by Gasteiger charge is 2.23. The van der Waals surface area contributed by atoms with E-state index in [0.29, 0.717) is 12.1 Å². The quantitative estimate of drug-likeness (QED) is 0.584. The van der Waals surface area contributed by atoms with Crippen molar-refractivity contribution in [2.75, 3.05) is 0 Å². The number of hydrogen-bond donors (Lipinski definition) is 3. The standard InChI is InChI=1S/C12H14ClNO.C10H8FN3O/c13-11-6-2-4-9-8(7-12(14)15)3-1-5-10(9)11;11-8-4-2-1-3-6(8)9-7(10(12)15)5-13-14-9/h2,4,6,8H,1,3,5,7H2,(H2,14,15);1-5H,(H2,12,15)(H,13,14). The smallest absolute Gasteiger partial charge is 0.252 e. The number of aromatic nitrogens is 2.